The summed E-state index contributed by atoms with van der Waals surface area (Å²) in [6, 6.07) is 8.69. The van der Waals surface area contributed by atoms with Gasteiger partial charge in [-0.3, -0.25) is 10.1 Å². The van der Waals surface area contributed by atoms with E-state index in [2.05, 4.69) is 20.4 Å². The molecular weight excluding hydrogens is 342 g/mol. The Morgan fingerprint density at radius 2 is 2.00 bits per heavy atom. The molecule has 3 heterocycles. The molecule has 4 rings (SSSR count). The van der Waals surface area contributed by atoms with Crippen molar-refractivity contribution < 1.29 is 13.6 Å². The summed E-state index contributed by atoms with van der Waals surface area (Å²) in [4.78, 5) is 21.2. The van der Waals surface area contributed by atoms with Crippen LogP contribution in [-0.4, -0.2) is 30.1 Å². The summed E-state index contributed by atoms with van der Waals surface area (Å²) in [5.74, 6) is -0.172. The minimum absolute atomic E-state index is 0.0802. The SMILES string of the molecule is Cc1cc(C(F)F)n2ncc(C(=O)Nc3nc4ccccc4n3C)c2n1. The molecule has 132 valence electrons. The van der Waals surface area contributed by atoms with E-state index in [1.165, 1.54) is 12.3 Å². The summed E-state index contributed by atoms with van der Waals surface area (Å²) in [5.41, 5.74) is 1.84. The molecule has 0 radical (unpaired) electrons. The largest absolute Gasteiger partial charge is 0.313 e. The standard InChI is InChI=1S/C17H14F2N6O/c1-9-7-13(14(18)19)25-15(21-9)10(8-20-25)16(26)23-17-22-11-5-3-4-6-12(11)24(17)2/h3-8,14H,1-2H3,(H,22,23,26). The van der Waals surface area contributed by atoms with Crippen molar-refractivity contribution in [2.45, 2.75) is 13.3 Å². The predicted octanol–water partition coefficient (Wildman–Crippen LogP) is 3.11. The minimum atomic E-state index is -2.73. The lowest BCUT2D eigenvalue weighted by Crippen LogP contribution is -2.15. The van der Waals surface area contributed by atoms with E-state index in [1.54, 1.807) is 18.5 Å². The number of anilines is 1. The number of aromatic nitrogens is 5. The number of rotatable bonds is 3. The van der Waals surface area contributed by atoms with E-state index in [9.17, 15) is 13.6 Å². The number of fused-ring (bicyclic) bond motifs is 2. The molecule has 1 N–H and O–H groups in total. The number of para-hydroxylation sites is 2. The zero-order valence-corrected chi connectivity index (χ0v) is 13.9. The molecule has 1 amide bonds. The van der Waals surface area contributed by atoms with Gasteiger partial charge in [-0.15, -0.1) is 0 Å². The number of nitrogens with one attached hydrogen (secondary N) is 1. The topological polar surface area (TPSA) is 77.1 Å². The number of hydrogen-bond donors (Lipinski definition) is 1. The molecule has 0 aliphatic carbocycles. The van der Waals surface area contributed by atoms with Gasteiger partial charge < -0.3 is 4.57 Å². The first-order chi connectivity index (χ1) is 12.5. The van der Waals surface area contributed by atoms with E-state index in [-0.39, 0.29) is 16.9 Å². The van der Waals surface area contributed by atoms with Gasteiger partial charge in [0, 0.05) is 12.7 Å². The van der Waals surface area contributed by atoms with Gasteiger partial charge >= 0.3 is 0 Å². The van der Waals surface area contributed by atoms with E-state index < -0.39 is 12.3 Å². The lowest BCUT2D eigenvalue weighted by Gasteiger charge is -2.06. The fourth-order valence-corrected chi connectivity index (χ4v) is 2.85. The number of imidazole rings is 1. The van der Waals surface area contributed by atoms with Crippen LogP contribution in [0.4, 0.5) is 14.7 Å². The second kappa shape index (κ2) is 5.87. The number of benzene rings is 1. The maximum absolute atomic E-state index is 13.2. The Hall–Kier alpha value is -3.36. The van der Waals surface area contributed by atoms with Crippen LogP contribution < -0.4 is 5.32 Å². The van der Waals surface area contributed by atoms with E-state index >= 15 is 0 Å². The first-order valence-electron chi connectivity index (χ1n) is 7.82. The van der Waals surface area contributed by atoms with Gasteiger partial charge in [0.15, 0.2) is 5.65 Å². The van der Waals surface area contributed by atoms with Crippen molar-refractivity contribution in [1.82, 2.24) is 24.1 Å². The molecule has 9 heteroatoms. The smallest absolute Gasteiger partial charge is 0.280 e. The zero-order valence-electron chi connectivity index (χ0n) is 13.9. The summed E-state index contributed by atoms with van der Waals surface area (Å²) >= 11 is 0. The lowest BCUT2D eigenvalue weighted by atomic mass is 10.3. The van der Waals surface area contributed by atoms with Crippen molar-refractivity contribution >= 4 is 28.5 Å². The van der Waals surface area contributed by atoms with Crippen molar-refractivity contribution in [2.24, 2.45) is 7.05 Å². The first kappa shape index (κ1) is 16.1. The van der Waals surface area contributed by atoms with Gasteiger partial charge in [-0.25, -0.2) is 23.3 Å². The van der Waals surface area contributed by atoms with Crippen molar-refractivity contribution in [2.75, 3.05) is 5.32 Å². The molecule has 0 aliphatic rings. The zero-order chi connectivity index (χ0) is 18.4. The molecule has 0 fully saturated rings. The lowest BCUT2D eigenvalue weighted by molar-refractivity contribution is 0.102. The van der Waals surface area contributed by atoms with Gasteiger partial charge in [0.05, 0.1) is 17.2 Å². The molecule has 0 atom stereocenters. The predicted molar refractivity (Wildman–Crippen MR) is 91.3 cm³/mol. The summed E-state index contributed by atoms with van der Waals surface area (Å²) in [6.45, 7) is 1.59. The molecule has 0 unspecified atom stereocenters. The molecule has 26 heavy (non-hydrogen) atoms. The average Bonchev–Trinajstić information content (AvgIpc) is 3.16. The third-order valence-corrected chi connectivity index (χ3v) is 4.11. The van der Waals surface area contributed by atoms with Crippen molar-refractivity contribution in [3.8, 4) is 0 Å². The quantitative estimate of drug-likeness (QED) is 0.612. The molecule has 0 spiro atoms. The van der Waals surface area contributed by atoms with Crippen molar-refractivity contribution in [1.29, 1.82) is 0 Å². The number of hydrogen-bond acceptors (Lipinski definition) is 4. The number of alkyl halides is 2. The van der Waals surface area contributed by atoms with E-state index in [0.29, 0.717) is 11.6 Å². The summed E-state index contributed by atoms with van der Waals surface area (Å²) < 4.78 is 29.1. The third kappa shape index (κ3) is 2.48. The summed E-state index contributed by atoms with van der Waals surface area (Å²) in [7, 11) is 1.78. The molecule has 0 saturated carbocycles. The molecule has 0 bridgehead atoms. The molecular formula is C17H14F2N6O. The number of carbonyl (C=O) groups is 1. The average molecular weight is 356 g/mol. The second-order valence-corrected chi connectivity index (χ2v) is 5.85. The van der Waals surface area contributed by atoms with Crippen LogP contribution in [0.5, 0.6) is 0 Å². The Morgan fingerprint density at radius 3 is 2.73 bits per heavy atom. The monoisotopic (exact) mass is 356 g/mol. The fourth-order valence-electron chi connectivity index (χ4n) is 2.85. The van der Waals surface area contributed by atoms with Gasteiger partial charge in [-0.05, 0) is 25.1 Å². The number of carbonyl (C=O) groups excluding carboxylic acids is 1. The molecule has 4 aromatic rings. The molecule has 3 aromatic heterocycles. The third-order valence-electron chi connectivity index (χ3n) is 4.11. The highest BCUT2D eigenvalue weighted by Gasteiger charge is 2.21. The molecule has 0 aliphatic heterocycles. The van der Waals surface area contributed by atoms with E-state index in [1.807, 2.05) is 24.3 Å². The Morgan fingerprint density at radius 1 is 1.23 bits per heavy atom. The Balaban J connectivity index is 1.75. The number of amides is 1. The fraction of sp³-hybridized carbons (Fsp3) is 0.176. The Bertz CT molecular complexity index is 1150. The van der Waals surface area contributed by atoms with Crippen LogP contribution in [-0.2, 0) is 7.05 Å². The number of halogens is 2. The highest BCUT2D eigenvalue weighted by Crippen LogP contribution is 2.23. The Kier molecular flexibility index (Phi) is 3.64. The molecule has 7 nitrogen and oxygen atoms in total. The maximum Gasteiger partial charge on any atom is 0.280 e. The van der Waals surface area contributed by atoms with Crippen molar-refractivity contribution in [3.05, 3.63) is 53.5 Å². The van der Waals surface area contributed by atoms with Crippen LogP contribution in [0.1, 0.15) is 28.2 Å². The highest BCUT2D eigenvalue weighted by molar-refractivity contribution is 6.08. The van der Waals surface area contributed by atoms with Crippen LogP contribution in [0.25, 0.3) is 16.7 Å². The number of aryl methyl sites for hydroxylation is 2. The van der Waals surface area contributed by atoms with Gasteiger partial charge in [0.2, 0.25) is 5.95 Å². The van der Waals surface area contributed by atoms with Gasteiger partial charge in [0.1, 0.15) is 11.3 Å². The van der Waals surface area contributed by atoms with Crippen molar-refractivity contribution in [3.63, 3.8) is 0 Å². The van der Waals surface area contributed by atoms with Crippen LogP contribution >= 0.6 is 0 Å². The summed E-state index contributed by atoms with van der Waals surface area (Å²) in [5, 5.41) is 6.59. The van der Waals surface area contributed by atoms with Gasteiger partial charge in [-0.2, -0.15) is 5.10 Å². The van der Waals surface area contributed by atoms with Crippen LogP contribution in [0.3, 0.4) is 0 Å². The highest BCUT2D eigenvalue weighted by atomic mass is 19.3. The van der Waals surface area contributed by atoms with Crippen LogP contribution in [0.2, 0.25) is 0 Å². The minimum Gasteiger partial charge on any atom is -0.313 e. The second-order valence-electron chi connectivity index (χ2n) is 5.85. The number of nitrogens with zero attached hydrogens (tertiary/aromatic N) is 5. The normalized spacial score (nSPS) is 11.6. The summed E-state index contributed by atoms with van der Waals surface area (Å²) in [6.07, 6.45) is -1.50. The maximum atomic E-state index is 13.2. The van der Waals surface area contributed by atoms with E-state index in [0.717, 1.165) is 15.5 Å². The Labute approximate surface area is 146 Å². The van der Waals surface area contributed by atoms with Gasteiger partial charge in [-0.1, -0.05) is 12.1 Å². The van der Waals surface area contributed by atoms with Gasteiger partial charge in [0.25, 0.3) is 12.3 Å². The van der Waals surface area contributed by atoms with E-state index in [4.69, 9.17) is 0 Å². The molecule has 1 aromatic carbocycles. The first-order valence-corrected chi connectivity index (χ1v) is 7.82. The van der Waals surface area contributed by atoms with Crippen LogP contribution in [0, 0.1) is 6.92 Å². The van der Waals surface area contributed by atoms with Crippen LogP contribution in [0.15, 0.2) is 36.5 Å². The molecule has 0 saturated heterocycles.